The summed E-state index contributed by atoms with van der Waals surface area (Å²) in [5.41, 5.74) is 1.49. The molecule has 1 aromatic rings. The van der Waals surface area contributed by atoms with Crippen molar-refractivity contribution in [3.8, 4) is 0 Å². The topological polar surface area (TPSA) is 29.5 Å². The molecule has 2 aliphatic heterocycles. The average Bonchev–Trinajstić information content (AvgIpc) is 2.83. The summed E-state index contributed by atoms with van der Waals surface area (Å²) >= 11 is 0. The maximum atomic E-state index is 11.2. The van der Waals surface area contributed by atoms with Gasteiger partial charge < -0.3 is 9.64 Å². The van der Waals surface area contributed by atoms with Crippen LogP contribution in [0.2, 0.25) is 0 Å². The van der Waals surface area contributed by atoms with Crippen LogP contribution in [0.5, 0.6) is 0 Å². The van der Waals surface area contributed by atoms with Crippen LogP contribution in [0.15, 0.2) is 42.5 Å². The molecule has 2 heterocycles. The summed E-state index contributed by atoms with van der Waals surface area (Å²) in [5.74, 6) is 1.06. The van der Waals surface area contributed by atoms with Crippen molar-refractivity contribution in [2.75, 3.05) is 14.2 Å². The van der Waals surface area contributed by atoms with Gasteiger partial charge in [0.1, 0.15) is 0 Å². The highest BCUT2D eigenvalue weighted by Gasteiger charge is 2.45. The van der Waals surface area contributed by atoms with Crippen LogP contribution in [0.3, 0.4) is 0 Å². The van der Waals surface area contributed by atoms with Crippen LogP contribution in [-0.4, -0.2) is 37.1 Å². The maximum Gasteiger partial charge on any atom is 0.330 e. The molecule has 2 unspecified atom stereocenters. The Morgan fingerprint density at radius 3 is 2.83 bits per heavy atom. The second-order valence-electron chi connectivity index (χ2n) is 6.88. The van der Waals surface area contributed by atoms with Gasteiger partial charge in [0.25, 0.3) is 0 Å². The smallest absolute Gasteiger partial charge is 0.330 e. The molecule has 0 amide bonds. The van der Waals surface area contributed by atoms with Gasteiger partial charge >= 0.3 is 5.97 Å². The largest absolute Gasteiger partial charge is 0.466 e. The van der Waals surface area contributed by atoms with E-state index in [0.717, 1.165) is 18.9 Å². The highest BCUT2D eigenvalue weighted by Crippen LogP contribution is 2.47. The van der Waals surface area contributed by atoms with Crippen molar-refractivity contribution in [3.63, 3.8) is 0 Å². The fraction of sp³-hybridized carbons (Fsp3) is 0.550. The Morgan fingerprint density at radius 2 is 2.09 bits per heavy atom. The van der Waals surface area contributed by atoms with E-state index in [9.17, 15) is 4.79 Å². The third kappa shape index (κ3) is 3.50. The van der Waals surface area contributed by atoms with Crippen molar-refractivity contribution >= 4 is 5.97 Å². The molecule has 3 heteroatoms. The van der Waals surface area contributed by atoms with Gasteiger partial charge in [0, 0.05) is 18.2 Å². The Labute approximate surface area is 139 Å². The third-order valence-electron chi connectivity index (χ3n) is 5.78. The molecular weight excluding hydrogens is 286 g/mol. The third-order valence-corrected chi connectivity index (χ3v) is 5.78. The number of rotatable bonds is 5. The first-order valence-corrected chi connectivity index (χ1v) is 8.72. The first kappa shape index (κ1) is 16.3. The van der Waals surface area contributed by atoms with Gasteiger partial charge in [0.2, 0.25) is 0 Å². The predicted molar refractivity (Wildman–Crippen MR) is 92.3 cm³/mol. The summed E-state index contributed by atoms with van der Waals surface area (Å²) in [7, 11) is 3.72. The molecule has 0 N–H and O–H groups in total. The van der Waals surface area contributed by atoms with Crippen LogP contribution >= 0.6 is 0 Å². The fourth-order valence-corrected chi connectivity index (χ4v) is 4.59. The van der Waals surface area contributed by atoms with Crippen LogP contribution in [-0.2, 0) is 9.53 Å². The van der Waals surface area contributed by atoms with Crippen LogP contribution in [0.4, 0.5) is 0 Å². The first-order valence-electron chi connectivity index (χ1n) is 8.72. The summed E-state index contributed by atoms with van der Waals surface area (Å²) < 4.78 is 4.66. The number of allylic oxidation sites excluding steroid dienone is 1. The lowest BCUT2D eigenvalue weighted by molar-refractivity contribution is -0.134. The van der Waals surface area contributed by atoms with Crippen molar-refractivity contribution in [2.45, 2.75) is 50.1 Å². The monoisotopic (exact) mass is 313 g/mol. The van der Waals surface area contributed by atoms with E-state index in [-0.39, 0.29) is 5.97 Å². The maximum absolute atomic E-state index is 11.2. The number of esters is 1. The number of ether oxygens (including phenoxy) is 1. The first-order chi connectivity index (χ1) is 11.2. The Morgan fingerprint density at radius 1 is 1.30 bits per heavy atom. The molecular formula is C20H27NO2. The van der Waals surface area contributed by atoms with Gasteiger partial charge in [-0.05, 0) is 56.6 Å². The molecule has 0 aliphatic carbocycles. The van der Waals surface area contributed by atoms with Gasteiger partial charge in [-0.25, -0.2) is 4.79 Å². The van der Waals surface area contributed by atoms with Crippen LogP contribution in [0.25, 0.3) is 0 Å². The molecule has 1 aromatic carbocycles. The van der Waals surface area contributed by atoms with Crippen molar-refractivity contribution in [1.82, 2.24) is 4.90 Å². The molecule has 0 aromatic heterocycles. The van der Waals surface area contributed by atoms with E-state index < -0.39 is 0 Å². The molecule has 124 valence electrons. The molecule has 2 bridgehead atoms. The molecule has 2 fully saturated rings. The quantitative estimate of drug-likeness (QED) is 0.612. The van der Waals surface area contributed by atoms with Crippen molar-refractivity contribution in [1.29, 1.82) is 0 Å². The number of hydrogen-bond donors (Lipinski definition) is 0. The molecule has 2 saturated heterocycles. The number of methoxy groups -OCH3 is 1. The SMILES string of the molecule is COC(=O)/C=C/CC[C@@H]1C2CCC(C[C@@H]1c1ccccc1)N2C. The van der Waals surface area contributed by atoms with Crippen LogP contribution < -0.4 is 0 Å². The summed E-state index contributed by atoms with van der Waals surface area (Å²) in [5, 5.41) is 0. The standard InChI is InChI=1S/C20H27NO2/c1-21-16-12-13-19(21)17(10-6-7-11-20(22)23-2)18(14-16)15-8-4-3-5-9-15/h3-5,7-9,11,16-19H,6,10,12-14H2,1-2H3/b11-7+/t16?,17-,18+,19?/m0/s1. The van der Waals surface area contributed by atoms with E-state index in [1.165, 1.54) is 31.9 Å². The minimum absolute atomic E-state index is 0.258. The molecule has 23 heavy (non-hydrogen) atoms. The van der Waals surface area contributed by atoms with Gasteiger partial charge in [-0.15, -0.1) is 0 Å². The minimum atomic E-state index is -0.258. The molecule has 0 spiro atoms. The highest BCUT2D eigenvalue weighted by molar-refractivity contribution is 5.81. The summed E-state index contributed by atoms with van der Waals surface area (Å²) in [4.78, 5) is 13.8. The zero-order valence-electron chi connectivity index (χ0n) is 14.2. The van der Waals surface area contributed by atoms with E-state index in [4.69, 9.17) is 0 Å². The van der Waals surface area contributed by atoms with E-state index in [1.807, 2.05) is 6.08 Å². The van der Waals surface area contributed by atoms with Gasteiger partial charge in [-0.2, -0.15) is 0 Å². The minimum Gasteiger partial charge on any atom is -0.466 e. The lowest BCUT2D eigenvalue weighted by atomic mass is 9.74. The van der Waals surface area contributed by atoms with E-state index >= 15 is 0 Å². The Kier molecular flexibility index (Phi) is 5.16. The van der Waals surface area contributed by atoms with Crippen molar-refractivity contribution in [3.05, 3.63) is 48.0 Å². The van der Waals surface area contributed by atoms with Gasteiger partial charge in [0.05, 0.1) is 7.11 Å². The number of nitrogens with zero attached hydrogens (tertiary/aromatic N) is 1. The van der Waals surface area contributed by atoms with Crippen LogP contribution in [0, 0.1) is 5.92 Å². The van der Waals surface area contributed by atoms with Crippen molar-refractivity contribution < 1.29 is 9.53 Å². The van der Waals surface area contributed by atoms with Gasteiger partial charge in [0.15, 0.2) is 0 Å². The molecule has 2 aliphatic rings. The molecule has 0 saturated carbocycles. The second-order valence-corrected chi connectivity index (χ2v) is 6.88. The number of carbonyl (C=O) groups is 1. The lowest BCUT2D eigenvalue weighted by Crippen LogP contribution is -2.45. The zero-order valence-corrected chi connectivity index (χ0v) is 14.2. The number of hydrogen-bond acceptors (Lipinski definition) is 3. The van der Waals surface area contributed by atoms with E-state index in [0.29, 0.717) is 17.9 Å². The van der Waals surface area contributed by atoms with Crippen LogP contribution in [0.1, 0.15) is 43.6 Å². The van der Waals surface area contributed by atoms with Crippen molar-refractivity contribution in [2.24, 2.45) is 5.92 Å². The second kappa shape index (κ2) is 7.31. The molecule has 4 atom stereocenters. The number of piperidine rings is 1. The number of benzene rings is 1. The molecule has 0 radical (unpaired) electrons. The Hall–Kier alpha value is -1.61. The highest BCUT2D eigenvalue weighted by atomic mass is 16.5. The van der Waals surface area contributed by atoms with Gasteiger partial charge in [-0.3, -0.25) is 0 Å². The molecule has 3 rings (SSSR count). The predicted octanol–water partition coefficient (Wildman–Crippen LogP) is 3.76. The van der Waals surface area contributed by atoms with E-state index in [1.54, 1.807) is 6.08 Å². The lowest BCUT2D eigenvalue weighted by Gasteiger charge is -2.43. The zero-order chi connectivity index (χ0) is 16.2. The fourth-order valence-electron chi connectivity index (χ4n) is 4.59. The summed E-state index contributed by atoms with van der Waals surface area (Å²) in [6.07, 6.45) is 9.51. The van der Waals surface area contributed by atoms with Gasteiger partial charge in [-0.1, -0.05) is 36.4 Å². The Bertz CT molecular complexity index is 554. The summed E-state index contributed by atoms with van der Waals surface area (Å²) in [6.45, 7) is 0. The Balaban J connectivity index is 1.72. The average molecular weight is 313 g/mol. The number of carbonyl (C=O) groups excluding carboxylic acids is 1. The number of fused-ring (bicyclic) bond motifs is 2. The van der Waals surface area contributed by atoms with E-state index in [2.05, 4.69) is 47.0 Å². The molecule has 3 nitrogen and oxygen atoms in total. The summed E-state index contributed by atoms with van der Waals surface area (Å²) in [6, 6.07) is 12.4. The normalized spacial score (nSPS) is 30.7.